The fraction of sp³-hybridized carbons (Fsp3) is 0.300. The average Bonchev–Trinajstić information content (AvgIpc) is 2.63. The molecule has 0 saturated carbocycles. The lowest BCUT2D eigenvalue weighted by atomic mass is 9.84. The van der Waals surface area contributed by atoms with E-state index in [4.69, 9.17) is 0 Å². The SMILES string of the molecule is CN1C(=O)CC[C@@H](C(=O)NCc2ccccc2)[C@H]1c1ccccc1. The maximum Gasteiger partial charge on any atom is 0.225 e. The smallest absolute Gasteiger partial charge is 0.225 e. The van der Waals surface area contributed by atoms with E-state index in [-0.39, 0.29) is 23.8 Å². The highest BCUT2D eigenvalue weighted by molar-refractivity contribution is 5.84. The Morgan fingerprint density at radius 2 is 1.71 bits per heavy atom. The van der Waals surface area contributed by atoms with Crippen molar-refractivity contribution in [3.63, 3.8) is 0 Å². The van der Waals surface area contributed by atoms with Gasteiger partial charge in [0.2, 0.25) is 11.8 Å². The number of nitrogens with zero attached hydrogens (tertiary/aromatic N) is 1. The molecule has 24 heavy (non-hydrogen) atoms. The highest BCUT2D eigenvalue weighted by Crippen LogP contribution is 2.35. The van der Waals surface area contributed by atoms with E-state index in [0.29, 0.717) is 19.4 Å². The number of carbonyl (C=O) groups excluding carboxylic acids is 2. The van der Waals surface area contributed by atoms with Gasteiger partial charge in [-0.15, -0.1) is 0 Å². The topological polar surface area (TPSA) is 49.4 Å². The first-order chi connectivity index (χ1) is 11.7. The Balaban J connectivity index is 1.76. The first kappa shape index (κ1) is 16.2. The van der Waals surface area contributed by atoms with Crippen LogP contribution in [0.15, 0.2) is 60.7 Å². The summed E-state index contributed by atoms with van der Waals surface area (Å²) in [6.45, 7) is 0.509. The van der Waals surface area contributed by atoms with Crippen molar-refractivity contribution in [3.05, 3.63) is 71.8 Å². The number of rotatable bonds is 4. The standard InChI is InChI=1S/C20H22N2O2/c1-22-18(23)13-12-17(19(22)16-10-6-3-7-11-16)20(24)21-14-15-8-4-2-5-9-15/h2-11,17,19H,12-14H2,1H3,(H,21,24)/t17-,19-/m1/s1. The van der Waals surface area contributed by atoms with Gasteiger partial charge in [0.25, 0.3) is 0 Å². The molecule has 0 radical (unpaired) electrons. The van der Waals surface area contributed by atoms with Crippen molar-refractivity contribution in [1.82, 2.24) is 10.2 Å². The number of carbonyl (C=O) groups is 2. The molecule has 1 N–H and O–H groups in total. The molecule has 2 amide bonds. The van der Waals surface area contributed by atoms with Crippen LogP contribution in [-0.4, -0.2) is 23.8 Å². The Labute approximate surface area is 142 Å². The lowest BCUT2D eigenvalue weighted by molar-refractivity contribution is -0.141. The van der Waals surface area contributed by atoms with Crippen molar-refractivity contribution in [1.29, 1.82) is 0 Å². The minimum Gasteiger partial charge on any atom is -0.352 e. The summed E-state index contributed by atoms with van der Waals surface area (Å²) in [5, 5.41) is 3.03. The molecule has 0 aromatic heterocycles. The summed E-state index contributed by atoms with van der Waals surface area (Å²) in [6.07, 6.45) is 1.01. The molecule has 3 rings (SSSR count). The van der Waals surface area contributed by atoms with E-state index < -0.39 is 0 Å². The molecule has 1 saturated heterocycles. The summed E-state index contributed by atoms with van der Waals surface area (Å²) in [6, 6.07) is 19.5. The molecule has 0 bridgehead atoms. The first-order valence-electron chi connectivity index (χ1n) is 8.29. The third-order valence-electron chi connectivity index (χ3n) is 4.65. The van der Waals surface area contributed by atoms with E-state index in [9.17, 15) is 9.59 Å². The van der Waals surface area contributed by atoms with Crippen molar-refractivity contribution in [2.45, 2.75) is 25.4 Å². The van der Waals surface area contributed by atoms with Crippen LogP contribution in [0.5, 0.6) is 0 Å². The number of piperidine rings is 1. The molecule has 2 atom stereocenters. The molecule has 1 aliphatic rings. The molecule has 0 spiro atoms. The number of likely N-dealkylation sites (tertiary alicyclic amines) is 1. The molecule has 4 heteroatoms. The van der Waals surface area contributed by atoms with Gasteiger partial charge in [0, 0.05) is 20.0 Å². The number of benzene rings is 2. The number of nitrogens with one attached hydrogen (secondary N) is 1. The van der Waals surface area contributed by atoms with Crippen molar-refractivity contribution >= 4 is 11.8 Å². The minimum absolute atomic E-state index is 0.00653. The third kappa shape index (κ3) is 3.48. The number of hydrogen-bond donors (Lipinski definition) is 1. The Morgan fingerprint density at radius 3 is 2.38 bits per heavy atom. The van der Waals surface area contributed by atoms with Crippen molar-refractivity contribution in [3.8, 4) is 0 Å². The quantitative estimate of drug-likeness (QED) is 0.941. The second-order valence-electron chi connectivity index (χ2n) is 6.21. The average molecular weight is 322 g/mol. The van der Waals surface area contributed by atoms with Crippen molar-refractivity contribution in [2.75, 3.05) is 7.05 Å². The molecule has 1 heterocycles. The summed E-state index contributed by atoms with van der Waals surface area (Å²) in [7, 11) is 1.79. The van der Waals surface area contributed by atoms with E-state index in [2.05, 4.69) is 5.32 Å². The van der Waals surface area contributed by atoms with E-state index >= 15 is 0 Å². The van der Waals surface area contributed by atoms with Gasteiger partial charge in [-0.1, -0.05) is 60.7 Å². The number of amides is 2. The molecular weight excluding hydrogens is 300 g/mol. The summed E-state index contributed by atoms with van der Waals surface area (Å²) in [5.74, 6) is -0.123. The van der Waals surface area contributed by atoms with Crippen LogP contribution in [0.4, 0.5) is 0 Å². The summed E-state index contributed by atoms with van der Waals surface area (Å²) in [4.78, 5) is 26.6. The highest BCUT2D eigenvalue weighted by Gasteiger charge is 2.38. The highest BCUT2D eigenvalue weighted by atomic mass is 16.2. The fourth-order valence-electron chi connectivity index (χ4n) is 3.33. The van der Waals surface area contributed by atoms with Gasteiger partial charge < -0.3 is 10.2 Å². The van der Waals surface area contributed by atoms with Gasteiger partial charge in [0.15, 0.2) is 0 Å². The van der Waals surface area contributed by atoms with E-state index in [1.807, 2.05) is 60.7 Å². The molecule has 0 unspecified atom stereocenters. The van der Waals surface area contributed by atoms with Crippen molar-refractivity contribution < 1.29 is 9.59 Å². The molecule has 1 fully saturated rings. The number of hydrogen-bond acceptors (Lipinski definition) is 2. The molecule has 4 nitrogen and oxygen atoms in total. The minimum atomic E-state index is -0.223. The van der Waals surface area contributed by atoms with Gasteiger partial charge in [0.1, 0.15) is 0 Å². The maximum absolute atomic E-state index is 12.8. The second-order valence-corrected chi connectivity index (χ2v) is 6.21. The third-order valence-corrected chi connectivity index (χ3v) is 4.65. The normalized spacial score (nSPS) is 20.7. The molecule has 0 aliphatic carbocycles. The van der Waals surface area contributed by atoms with Gasteiger partial charge in [0.05, 0.1) is 12.0 Å². The van der Waals surface area contributed by atoms with Crippen LogP contribution < -0.4 is 5.32 Å². The molecule has 124 valence electrons. The van der Waals surface area contributed by atoms with Gasteiger partial charge >= 0.3 is 0 Å². The second kappa shape index (κ2) is 7.30. The fourth-order valence-corrected chi connectivity index (χ4v) is 3.33. The molecule has 2 aromatic carbocycles. The Kier molecular flexibility index (Phi) is 4.94. The largest absolute Gasteiger partial charge is 0.352 e. The lowest BCUT2D eigenvalue weighted by Crippen LogP contribution is -2.46. The molecule has 1 aliphatic heterocycles. The zero-order valence-electron chi connectivity index (χ0n) is 13.8. The summed E-state index contributed by atoms with van der Waals surface area (Å²) >= 11 is 0. The van der Waals surface area contributed by atoms with Crippen LogP contribution in [0.3, 0.4) is 0 Å². The van der Waals surface area contributed by atoms with E-state index in [1.165, 1.54) is 0 Å². The van der Waals surface area contributed by atoms with E-state index in [1.54, 1.807) is 11.9 Å². The Bertz CT molecular complexity index is 700. The van der Waals surface area contributed by atoms with Gasteiger partial charge in [-0.2, -0.15) is 0 Å². The van der Waals surface area contributed by atoms with Gasteiger partial charge in [-0.3, -0.25) is 9.59 Å². The predicted octanol–water partition coefficient (Wildman–Crippen LogP) is 2.91. The van der Waals surface area contributed by atoms with Gasteiger partial charge in [-0.05, 0) is 17.5 Å². The summed E-state index contributed by atoms with van der Waals surface area (Å²) in [5.41, 5.74) is 2.08. The molecule has 2 aromatic rings. The zero-order chi connectivity index (χ0) is 16.9. The lowest BCUT2D eigenvalue weighted by Gasteiger charge is -2.38. The van der Waals surface area contributed by atoms with Crippen molar-refractivity contribution in [2.24, 2.45) is 5.92 Å². The van der Waals surface area contributed by atoms with Crippen LogP contribution in [0.1, 0.15) is 30.0 Å². The van der Waals surface area contributed by atoms with Crippen LogP contribution in [0.25, 0.3) is 0 Å². The summed E-state index contributed by atoms with van der Waals surface area (Å²) < 4.78 is 0. The van der Waals surface area contributed by atoms with Crippen LogP contribution >= 0.6 is 0 Å². The van der Waals surface area contributed by atoms with E-state index in [0.717, 1.165) is 11.1 Å². The zero-order valence-corrected chi connectivity index (χ0v) is 13.8. The predicted molar refractivity (Wildman–Crippen MR) is 93.0 cm³/mol. The van der Waals surface area contributed by atoms with Gasteiger partial charge in [-0.25, -0.2) is 0 Å². The maximum atomic E-state index is 12.8. The van der Waals surface area contributed by atoms with Crippen LogP contribution in [0.2, 0.25) is 0 Å². The molecular formula is C20H22N2O2. The monoisotopic (exact) mass is 322 g/mol. The Hall–Kier alpha value is -2.62. The van der Waals surface area contributed by atoms with Crippen LogP contribution in [-0.2, 0) is 16.1 Å². The van der Waals surface area contributed by atoms with Crippen LogP contribution in [0, 0.1) is 5.92 Å². The Morgan fingerprint density at radius 1 is 1.08 bits per heavy atom. The first-order valence-corrected chi connectivity index (χ1v) is 8.29.